The molecule has 3 aromatic heterocycles. The maximum Gasteiger partial charge on any atom is 0.165 e. The lowest BCUT2D eigenvalue weighted by Gasteiger charge is -2.10. The Bertz CT molecular complexity index is 1260. The molecule has 5 rings (SSSR count). The summed E-state index contributed by atoms with van der Waals surface area (Å²) in [5.74, 6) is -0.0160. The molecule has 1 aromatic carbocycles. The predicted octanol–water partition coefficient (Wildman–Crippen LogP) is 4.18. The van der Waals surface area contributed by atoms with Crippen LogP contribution in [0.15, 0.2) is 54.5 Å². The summed E-state index contributed by atoms with van der Waals surface area (Å²) >= 11 is 0. The van der Waals surface area contributed by atoms with Crippen molar-refractivity contribution >= 4 is 33.6 Å². The third kappa shape index (κ3) is 3.18. The fourth-order valence-electron chi connectivity index (χ4n) is 4.12. The Morgan fingerprint density at radius 1 is 1.07 bits per heavy atom. The van der Waals surface area contributed by atoms with Gasteiger partial charge in [-0.25, -0.2) is 19.3 Å². The summed E-state index contributed by atoms with van der Waals surface area (Å²) in [6.45, 7) is 0. The van der Waals surface area contributed by atoms with Crippen LogP contribution in [0.5, 0.6) is 0 Å². The van der Waals surface area contributed by atoms with E-state index >= 15 is 0 Å². The molecule has 29 heavy (non-hydrogen) atoms. The number of hydrogen-bond donors (Lipinski definition) is 2. The SMILES string of the molecule is Nc1nc2cc(CCC3=CC(n4ccc5c(N)ncnc54)CC3)ccc2cc1F. The number of aromatic nitrogens is 4. The number of nitrogens with zero attached hydrogens (tertiary/aromatic N) is 4. The summed E-state index contributed by atoms with van der Waals surface area (Å²) in [5.41, 5.74) is 15.8. The van der Waals surface area contributed by atoms with E-state index in [0.717, 1.165) is 47.6 Å². The molecule has 0 spiro atoms. The number of aryl methyl sites for hydroxylation is 1. The topological polar surface area (TPSA) is 95.6 Å². The molecule has 0 amide bonds. The Kier molecular flexibility index (Phi) is 4.16. The van der Waals surface area contributed by atoms with Crippen LogP contribution in [0, 0.1) is 5.82 Å². The van der Waals surface area contributed by atoms with E-state index in [1.165, 1.54) is 23.5 Å². The van der Waals surface area contributed by atoms with Gasteiger partial charge in [-0.3, -0.25) is 0 Å². The quantitative estimate of drug-likeness (QED) is 0.511. The minimum Gasteiger partial charge on any atom is -0.383 e. The molecule has 1 aliphatic carbocycles. The maximum absolute atomic E-state index is 13.6. The first-order chi connectivity index (χ1) is 14.1. The lowest BCUT2D eigenvalue weighted by Crippen LogP contribution is -2.03. The molecule has 1 aliphatic rings. The molecule has 0 radical (unpaired) electrons. The van der Waals surface area contributed by atoms with Gasteiger partial charge in [-0.15, -0.1) is 0 Å². The van der Waals surface area contributed by atoms with Crippen LogP contribution < -0.4 is 11.5 Å². The van der Waals surface area contributed by atoms with Crippen LogP contribution in [0.2, 0.25) is 0 Å². The zero-order valence-corrected chi connectivity index (χ0v) is 15.8. The Hall–Kier alpha value is -3.48. The molecule has 1 atom stereocenters. The van der Waals surface area contributed by atoms with Crippen LogP contribution >= 0.6 is 0 Å². The van der Waals surface area contributed by atoms with Gasteiger partial charge in [0.25, 0.3) is 0 Å². The summed E-state index contributed by atoms with van der Waals surface area (Å²) in [4.78, 5) is 12.6. The molecule has 4 N–H and O–H groups in total. The van der Waals surface area contributed by atoms with E-state index in [4.69, 9.17) is 11.5 Å². The van der Waals surface area contributed by atoms with E-state index in [2.05, 4.69) is 25.6 Å². The zero-order valence-electron chi connectivity index (χ0n) is 15.8. The second-order valence-electron chi connectivity index (χ2n) is 7.53. The molecule has 0 saturated carbocycles. The Balaban J connectivity index is 1.33. The van der Waals surface area contributed by atoms with Crippen LogP contribution in [-0.4, -0.2) is 19.5 Å². The summed E-state index contributed by atoms with van der Waals surface area (Å²) in [7, 11) is 0. The van der Waals surface area contributed by atoms with Gasteiger partial charge >= 0.3 is 0 Å². The highest BCUT2D eigenvalue weighted by molar-refractivity contribution is 5.86. The molecule has 3 heterocycles. The Labute approximate surface area is 167 Å². The maximum atomic E-state index is 13.6. The summed E-state index contributed by atoms with van der Waals surface area (Å²) in [6.07, 6.45) is 9.90. The summed E-state index contributed by atoms with van der Waals surface area (Å²) in [5, 5.41) is 1.66. The number of nitrogens with two attached hydrogens (primary N) is 2. The number of rotatable bonds is 4. The second kappa shape index (κ2) is 6.84. The van der Waals surface area contributed by atoms with Gasteiger partial charge in [0.2, 0.25) is 0 Å². The largest absolute Gasteiger partial charge is 0.383 e. The van der Waals surface area contributed by atoms with Crippen LogP contribution in [0.4, 0.5) is 16.0 Å². The molecular weight excluding hydrogens is 367 g/mol. The monoisotopic (exact) mass is 388 g/mol. The second-order valence-corrected chi connectivity index (χ2v) is 7.53. The van der Waals surface area contributed by atoms with Gasteiger partial charge in [0, 0.05) is 11.6 Å². The fourth-order valence-corrected chi connectivity index (χ4v) is 4.12. The number of nitrogen functional groups attached to an aromatic ring is 2. The van der Waals surface area contributed by atoms with Crippen molar-refractivity contribution in [1.29, 1.82) is 0 Å². The first kappa shape index (κ1) is 17.6. The molecule has 0 fully saturated rings. The standard InChI is InChI=1S/C22H21FN6/c23-18-11-15-5-3-14(10-19(15)28-21(18)25)2-1-13-4-6-16(9-13)29-8-7-17-20(24)26-12-27-22(17)29/h3,5,7-12,16H,1-2,4,6H2,(H2,25,28)(H2,24,26,27). The van der Waals surface area contributed by atoms with Crippen molar-refractivity contribution in [3.63, 3.8) is 0 Å². The highest BCUT2D eigenvalue weighted by atomic mass is 19.1. The highest BCUT2D eigenvalue weighted by Gasteiger charge is 2.19. The minimum atomic E-state index is -0.475. The summed E-state index contributed by atoms with van der Waals surface area (Å²) < 4.78 is 15.7. The Morgan fingerprint density at radius 2 is 1.97 bits per heavy atom. The normalized spacial score (nSPS) is 16.6. The number of anilines is 2. The molecule has 146 valence electrons. The van der Waals surface area contributed by atoms with Crippen molar-refractivity contribution in [2.45, 2.75) is 31.7 Å². The van der Waals surface area contributed by atoms with E-state index in [-0.39, 0.29) is 11.9 Å². The molecule has 0 saturated heterocycles. The molecule has 1 unspecified atom stereocenters. The van der Waals surface area contributed by atoms with E-state index in [9.17, 15) is 4.39 Å². The third-order valence-corrected chi connectivity index (χ3v) is 5.68. The lowest BCUT2D eigenvalue weighted by molar-refractivity contribution is 0.603. The molecule has 0 bridgehead atoms. The first-order valence-corrected chi connectivity index (χ1v) is 9.70. The van der Waals surface area contributed by atoms with Gasteiger partial charge in [0.05, 0.1) is 16.9 Å². The fraction of sp³-hybridized carbons (Fsp3) is 0.227. The third-order valence-electron chi connectivity index (χ3n) is 5.68. The summed E-state index contributed by atoms with van der Waals surface area (Å²) in [6, 6.07) is 9.64. The van der Waals surface area contributed by atoms with E-state index in [1.807, 2.05) is 30.5 Å². The number of fused-ring (bicyclic) bond motifs is 2. The molecule has 7 heteroatoms. The van der Waals surface area contributed by atoms with Crippen LogP contribution in [0.25, 0.3) is 21.9 Å². The smallest absolute Gasteiger partial charge is 0.165 e. The van der Waals surface area contributed by atoms with Crippen molar-refractivity contribution in [3.05, 3.63) is 65.9 Å². The molecule has 6 nitrogen and oxygen atoms in total. The average Bonchev–Trinajstić information content (AvgIpc) is 3.35. The lowest BCUT2D eigenvalue weighted by atomic mass is 10.0. The van der Waals surface area contributed by atoms with Gasteiger partial charge in [0.1, 0.15) is 17.8 Å². The molecular formula is C22H21FN6. The van der Waals surface area contributed by atoms with Gasteiger partial charge in [0.15, 0.2) is 11.6 Å². The van der Waals surface area contributed by atoms with Crippen molar-refractivity contribution in [2.75, 3.05) is 11.5 Å². The van der Waals surface area contributed by atoms with Gasteiger partial charge in [-0.05, 0) is 49.4 Å². The van der Waals surface area contributed by atoms with Gasteiger partial charge in [-0.1, -0.05) is 23.8 Å². The van der Waals surface area contributed by atoms with E-state index in [0.29, 0.717) is 5.82 Å². The molecule has 4 aromatic rings. The number of pyridine rings is 1. The number of hydrogen-bond acceptors (Lipinski definition) is 5. The Morgan fingerprint density at radius 3 is 2.86 bits per heavy atom. The first-order valence-electron chi connectivity index (χ1n) is 9.70. The minimum absolute atomic E-state index is 0.0561. The zero-order chi connectivity index (χ0) is 20.0. The number of allylic oxidation sites excluding steroid dienone is 2. The number of halogens is 1. The van der Waals surface area contributed by atoms with E-state index in [1.54, 1.807) is 0 Å². The predicted molar refractivity (Wildman–Crippen MR) is 113 cm³/mol. The van der Waals surface area contributed by atoms with Crippen LogP contribution in [0.3, 0.4) is 0 Å². The van der Waals surface area contributed by atoms with Crippen molar-refractivity contribution in [2.24, 2.45) is 0 Å². The van der Waals surface area contributed by atoms with Crippen molar-refractivity contribution < 1.29 is 4.39 Å². The van der Waals surface area contributed by atoms with Crippen molar-refractivity contribution in [1.82, 2.24) is 19.5 Å². The number of benzene rings is 1. The van der Waals surface area contributed by atoms with Gasteiger partial charge in [-0.2, -0.15) is 0 Å². The van der Waals surface area contributed by atoms with Crippen molar-refractivity contribution in [3.8, 4) is 0 Å². The molecule has 0 aliphatic heterocycles. The van der Waals surface area contributed by atoms with E-state index < -0.39 is 5.82 Å². The van der Waals surface area contributed by atoms with Crippen LogP contribution in [-0.2, 0) is 6.42 Å². The highest BCUT2D eigenvalue weighted by Crippen LogP contribution is 2.33. The average molecular weight is 388 g/mol. The van der Waals surface area contributed by atoms with Gasteiger partial charge < -0.3 is 16.0 Å². The van der Waals surface area contributed by atoms with Crippen LogP contribution in [0.1, 0.15) is 30.9 Å².